The highest BCUT2D eigenvalue weighted by molar-refractivity contribution is 5.71. The van der Waals surface area contributed by atoms with Gasteiger partial charge in [0.1, 0.15) is 5.82 Å². The lowest BCUT2D eigenvalue weighted by molar-refractivity contribution is 0.285. The van der Waals surface area contributed by atoms with E-state index in [9.17, 15) is 8.78 Å². The van der Waals surface area contributed by atoms with E-state index < -0.39 is 11.6 Å². The maximum atomic E-state index is 15.1. The Balaban J connectivity index is 1.38. The minimum absolute atomic E-state index is 0.0455. The normalized spacial score (nSPS) is 17.4. The number of hydrogen-bond donors (Lipinski definition) is 0. The van der Waals surface area contributed by atoms with Gasteiger partial charge in [0.05, 0.1) is 6.61 Å². The summed E-state index contributed by atoms with van der Waals surface area (Å²) < 4.78 is 50.3. The van der Waals surface area contributed by atoms with Gasteiger partial charge in [0.25, 0.3) is 0 Å². The third-order valence-electron chi connectivity index (χ3n) is 8.32. The Kier molecular flexibility index (Phi) is 10.9. The lowest BCUT2D eigenvalue weighted by Gasteiger charge is -2.29. The van der Waals surface area contributed by atoms with E-state index in [0.29, 0.717) is 18.1 Å². The molecular weight excluding hydrogens is 493 g/mol. The van der Waals surface area contributed by atoms with Crippen molar-refractivity contribution < 1.29 is 17.9 Å². The first-order valence-corrected chi connectivity index (χ1v) is 15.0. The van der Waals surface area contributed by atoms with E-state index in [4.69, 9.17) is 4.74 Å². The zero-order valence-electron chi connectivity index (χ0n) is 23.6. The van der Waals surface area contributed by atoms with Crippen molar-refractivity contribution in [3.05, 3.63) is 77.6 Å². The number of hydrogen-bond acceptors (Lipinski definition) is 1. The molecular formula is C35H43F3O. The van der Waals surface area contributed by atoms with E-state index in [-0.39, 0.29) is 17.1 Å². The summed E-state index contributed by atoms with van der Waals surface area (Å²) in [4.78, 5) is 0. The first kappa shape index (κ1) is 29.2. The summed E-state index contributed by atoms with van der Waals surface area (Å²) in [6, 6.07) is 15.8. The number of benzene rings is 3. The molecule has 4 rings (SSSR count). The largest absolute Gasteiger partial charge is 0.490 e. The van der Waals surface area contributed by atoms with Crippen LogP contribution in [0.5, 0.6) is 5.75 Å². The molecule has 0 bridgehead atoms. The molecule has 0 spiro atoms. The van der Waals surface area contributed by atoms with Gasteiger partial charge in [0.2, 0.25) is 5.82 Å². The fourth-order valence-electron chi connectivity index (χ4n) is 5.98. The third-order valence-corrected chi connectivity index (χ3v) is 8.32. The molecule has 0 amide bonds. The van der Waals surface area contributed by atoms with Crippen molar-refractivity contribution in [2.75, 3.05) is 6.61 Å². The minimum atomic E-state index is -0.955. The first-order valence-electron chi connectivity index (χ1n) is 15.0. The number of rotatable bonds is 13. The maximum Gasteiger partial charge on any atom is 0.201 e. The topological polar surface area (TPSA) is 9.23 Å². The van der Waals surface area contributed by atoms with Crippen molar-refractivity contribution in [3.8, 4) is 28.0 Å². The monoisotopic (exact) mass is 536 g/mol. The molecule has 0 atom stereocenters. The van der Waals surface area contributed by atoms with Gasteiger partial charge in [-0.15, -0.1) is 0 Å². The van der Waals surface area contributed by atoms with Crippen LogP contribution >= 0.6 is 0 Å². The Morgan fingerprint density at radius 1 is 0.667 bits per heavy atom. The zero-order chi connectivity index (χ0) is 27.6. The molecule has 0 aromatic heterocycles. The van der Waals surface area contributed by atoms with Crippen LogP contribution in [0.25, 0.3) is 22.3 Å². The van der Waals surface area contributed by atoms with Crippen LogP contribution in [-0.2, 0) is 0 Å². The fourth-order valence-corrected chi connectivity index (χ4v) is 5.98. The molecule has 1 nitrogen and oxygen atoms in total. The Morgan fingerprint density at radius 2 is 1.33 bits per heavy atom. The minimum Gasteiger partial charge on any atom is -0.490 e. The number of unbranched alkanes of at least 4 members (excludes halogenated alkanes) is 5. The molecule has 0 aliphatic heterocycles. The Labute approximate surface area is 232 Å². The molecule has 4 heteroatoms. The van der Waals surface area contributed by atoms with E-state index in [1.165, 1.54) is 51.0 Å². The van der Waals surface area contributed by atoms with Crippen LogP contribution in [0, 0.1) is 23.4 Å². The summed E-state index contributed by atoms with van der Waals surface area (Å²) in [7, 11) is 0. The van der Waals surface area contributed by atoms with Gasteiger partial charge in [0, 0.05) is 5.56 Å². The van der Waals surface area contributed by atoms with Gasteiger partial charge in [-0.2, -0.15) is 4.39 Å². The molecule has 0 N–H and O–H groups in total. The molecule has 1 fully saturated rings. The summed E-state index contributed by atoms with van der Waals surface area (Å²) in [6.07, 6.45) is 13.6. The van der Waals surface area contributed by atoms with Gasteiger partial charge in [-0.25, -0.2) is 8.78 Å². The van der Waals surface area contributed by atoms with Crippen molar-refractivity contribution in [1.82, 2.24) is 0 Å². The molecule has 1 aliphatic carbocycles. The van der Waals surface area contributed by atoms with Gasteiger partial charge in [-0.3, -0.25) is 0 Å². The molecule has 210 valence electrons. The van der Waals surface area contributed by atoms with E-state index in [2.05, 4.69) is 13.8 Å². The molecule has 0 radical (unpaired) electrons. The van der Waals surface area contributed by atoms with E-state index >= 15 is 4.39 Å². The molecule has 0 saturated heterocycles. The first-order chi connectivity index (χ1) is 19.0. The summed E-state index contributed by atoms with van der Waals surface area (Å²) in [5.74, 6) is -0.975. The number of halogens is 3. The van der Waals surface area contributed by atoms with Gasteiger partial charge >= 0.3 is 0 Å². The van der Waals surface area contributed by atoms with Crippen molar-refractivity contribution >= 4 is 0 Å². The summed E-state index contributed by atoms with van der Waals surface area (Å²) >= 11 is 0. The molecule has 1 aliphatic rings. The maximum absolute atomic E-state index is 15.1. The molecule has 0 unspecified atom stereocenters. The van der Waals surface area contributed by atoms with Crippen LogP contribution in [0.3, 0.4) is 0 Å². The molecule has 1 saturated carbocycles. The van der Waals surface area contributed by atoms with Crippen molar-refractivity contribution in [1.29, 1.82) is 0 Å². The van der Waals surface area contributed by atoms with Crippen LogP contribution in [0.4, 0.5) is 13.2 Å². The quantitative estimate of drug-likeness (QED) is 0.197. The lowest BCUT2D eigenvalue weighted by atomic mass is 9.77. The molecule has 3 aromatic rings. The van der Waals surface area contributed by atoms with Crippen molar-refractivity contribution in [3.63, 3.8) is 0 Å². The second-order valence-corrected chi connectivity index (χ2v) is 11.2. The van der Waals surface area contributed by atoms with Crippen molar-refractivity contribution in [2.24, 2.45) is 5.92 Å². The summed E-state index contributed by atoms with van der Waals surface area (Å²) in [5, 5.41) is 0. The highest BCUT2D eigenvalue weighted by Crippen LogP contribution is 2.39. The Bertz CT molecular complexity index is 1180. The average molecular weight is 537 g/mol. The van der Waals surface area contributed by atoms with Crippen LogP contribution in [0.1, 0.15) is 102 Å². The van der Waals surface area contributed by atoms with Crippen molar-refractivity contribution in [2.45, 2.75) is 96.8 Å². The van der Waals surface area contributed by atoms with E-state index in [1.807, 2.05) is 24.3 Å². The van der Waals surface area contributed by atoms with Crippen LogP contribution in [0.2, 0.25) is 0 Å². The Hall–Kier alpha value is -2.75. The second kappa shape index (κ2) is 14.6. The van der Waals surface area contributed by atoms with E-state index in [0.717, 1.165) is 54.7 Å². The van der Waals surface area contributed by atoms with Crippen LogP contribution in [0.15, 0.2) is 54.6 Å². The molecule has 39 heavy (non-hydrogen) atoms. The standard InChI is InChI=1S/C35H43F3O/c1-3-5-6-7-8-9-23-39-33-22-21-31(34(37)35(33)38)28-17-15-26(16-18-28)29-19-20-30(32(36)24-29)27-13-11-25(10-4-2)12-14-27/h15-22,24-25,27H,3-14,23H2,1-2H3. The van der Waals surface area contributed by atoms with Gasteiger partial charge < -0.3 is 4.74 Å². The van der Waals surface area contributed by atoms with Gasteiger partial charge in [-0.05, 0) is 84.4 Å². The molecule has 0 heterocycles. The van der Waals surface area contributed by atoms with E-state index in [1.54, 1.807) is 24.3 Å². The zero-order valence-corrected chi connectivity index (χ0v) is 23.6. The predicted octanol–water partition coefficient (Wildman–Crippen LogP) is 11.3. The fraction of sp³-hybridized carbons (Fsp3) is 0.486. The Morgan fingerprint density at radius 3 is 2.03 bits per heavy atom. The lowest BCUT2D eigenvalue weighted by Crippen LogP contribution is -2.14. The summed E-state index contributed by atoms with van der Waals surface area (Å²) in [6.45, 7) is 4.79. The highest BCUT2D eigenvalue weighted by Gasteiger charge is 2.24. The predicted molar refractivity (Wildman–Crippen MR) is 156 cm³/mol. The highest BCUT2D eigenvalue weighted by atomic mass is 19.2. The van der Waals surface area contributed by atoms with Crippen LogP contribution in [-0.4, -0.2) is 6.61 Å². The van der Waals surface area contributed by atoms with Crippen LogP contribution < -0.4 is 4.74 Å². The van der Waals surface area contributed by atoms with Gasteiger partial charge in [-0.1, -0.05) is 95.2 Å². The average Bonchev–Trinajstić information content (AvgIpc) is 2.95. The SMILES string of the molecule is CCCCCCCCOc1ccc(-c2ccc(-c3ccc(C4CCC(CCC)CC4)c(F)c3)cc2)c(F)c1F. The second-order valence-electron chi connectivity index (χ2n) is 11.2. The number of ether oxygens (including phenoxy) is 1. The summed E-state index contributed by atoms with van der Waals surface area (Å²) in [5.41, 5.74) is 3.20. The smallest absolute Gasteiger partial charge is 0.201 e. The molecule has 3 aromatic carbocycles. The third kappa shape index (κ3) is 7.68. The van der Waals surface area contributed by atoms with Gasteiger partial charge in [0.15, 0.2) is 11.6 Å².